The molecule has 0 fully saturated rings. The van der Waals surface area contributed by atoms with E-state index in [1.54, 1.807) is 5.38 Å². The van der Waals surface area contributed by atoms with Gasteiger partial charge in [-0.25, -0.2) is 13.8 Å². The minimum absolute atomic E-state index is 0.152. The van der Waals surface area contributed by atoms with Crippen molar-refractivity contribution < 1.29 is 22.0 Å². The van der Waals surface area contributed by atoms with E-state index in [1.807, 2.05) is 30.3 Å². The lowest BCUT2D eigenvalue weighted by atomic mass is 10.1. The van der Waals surface area contributed by atoms with Gasteiger partial charge in [0.25, 0.3) is 0 Å². The van der Waals surface area contributed by atoms with Gasteiger partial charge in [0.2, 0.25) is 5.13 Å². The molecular formula is C17H10F5N3S. The molecule has 3 aromatic rings. The van der Waals surface area contributed by atoms with Gasteiger partial charge in [-0.15, -0.1) is 11.3 Å². The Morgan fingerprint density at radius 3 is 2.31 bits per heavy atom. The van der Waals surface area contributed by atoms with Crippen molar-refractivity contribution in [2.75, 3.05) is 5.43 Å². The number of aromatic nitrogens is 1. The predicted molar refractivity (Wildman–Crippen MR) is 90.1 cm³/mol. The van der Waals surface area contributed by atoms with Crippen LogP contribution in [0.3, 0.4) is 0 Å². The third-order valence-corrected chi connectivity index (χ3v) is 4.04. The quantitative estimate of drug-likeness (QED) is 0.364. The molecule has 0 aliphatic rings. The molecule has 2 aromatic carbocycles. The topological polar surface area (TPSA) is 37.3 Å². The summed E-state index contributed by atoms with van der Waals surface area (Å²) in [6, 6.07) is 10.5. The van der Waals surface area contributed by atoms with Gasteiger partial charge in [0, 0.05) is 16.5 Å². The minimum atomic E-state index is -5.10. The molecule has 0 radical (unpaired) electrons. The first-order chi connectivity index (χ1) is 12.3. The van der Waals surface area contributed by atoms with Gasteiger partial charge in [0.05, 0.1) is 11.9 Å². The summed E-state index contributed by atoms with van der Waals surface area (Å²) in [7, 11) is 0. The number of nitrogens with zero attached hydrogens (tertiary/aromatic N) is 2. The summed E-state index contributed by atoms with van der Waals surface area (Å²) in [5, 5.41) is 5.97. The number of hydrogen-bond donors (Lipinski definition) is 1. The molecule has 0 spiro atoms. The van der Waals surface area contributed by atoms with Crippen molar-refractivity contribution >= 4 is 22.7 Å². The number of nitrogens with one attached hydrogen (secondary N) is 1. The van der Waals surface area contributed by atoms with E-state index >= 15 is 0 Å². The molecule has 0 aliphatic carbocycles. The van der Waals surface area contributed by atoms with Crippen LogP contribution >= 0.6 is 11.3 Å². The third-order valence-electron chi connectivity index (χ3n) is 3.30. The van der Waals surface area contributed by atoms with Crippen molar-refractivity contribution in [2.24, 2.45) is 5.10 Å². The van der Waals surface area contributed by atoms with Crippen LogP contribution in [0, 0.1) is 11.6 Å². The number of benzene rings is 2. The zero-order valence-electron chi connectivity index (χ0n) is 12.9. The van der Waals surface area contributed by atoms with Gasteiger partial charge in [-0.3, -0.25) is 5.43 Å². The molecule has 3 nitrogen and oxygen atoms in total. The number of anilines is 1. The first-order valence-corrected chi connectivity index (χ1v) is 8.09. The second-order valence-electron chi connectivity index (χ2n) is 5.13. The van der Waals surface area contributed by atoms with E-state index in [2.05, 4.69) is 15.5 Å². The van der Waals surface area contributed by atoms with E-state index in [4.69, 9.17) is 0 Å². The second-order valence-corrected chi connectivity index (χ2v) is 5.99. The maximum atomic E-state index is 13.5. The van der Waals surface area contributed by atoms with Gasteiger partial charge >= 0.3 is 6.18 Å². The number of alkyl halides is 3. The molecule has 1 aromatic heterocycles. The van der Waals surface area contributed by atoms with E-state index in [9.17, 15) is 22.0 Å². The fraction of sp³-hybridized carbons (Fsp3) is 0.0588. The molecule has 0 atom stereocenters. The average molecular weight is 383 g/mol. The van der Waals surface area contributed by atoms with Crippen molar-refractivity contribution in [3.63, 3.8) is 0 Å². The molecule has 134 valence electrons. The van der Waals surface area contributed by atoms with Crippen LogP contribution in [-0.2, 0) is 6.18 Å². The molecule has 26 heavy (non-hydrogen) atoms. The molecule has 0 saturated heterocycles. The number of rotatable bonds is 4. The van der Waals surface area contributed by atoms with Crippen molar-refractivity contribution in [3.8, 4) is 11.3 Å². The van der Waals surface area contributed by atoms with E-state index in [0.717, 1.165) is 17.5 Å². The van der Waals surface area contributed by atoms with Crippen molar-refractivity contribution in [2.45, 2.75) is 6.18 Å². The summed E-state index contributed by atoms with van der Waals surface area (Å²) >= 11 is 1.26. The van der Waals surface area contributed by atoms with Crippen LogP contribution in [-0.4, -0.2) is 11.2 Å². The molecule has 0 aliphatic heterocycles. The van der Waals surface area contributed by atoms with Crippen molar-refractivity contribution in [1.29, 1.82) is 0 Å². The zero-order chi connectivity index (χ0) is 18.7. The molecule has 3 rings (SSSR count). The summed E-state index contributed by atoms with van der Waals surface area (Å²) in [5.41, 5.74) is 2.14. The lowest BCUT2D eigenvalue weighted by Crippen LogP contribution is -2.12. The maximum absolute atomic E-state index is 13.5. The Hall–Kier alpha value is -2.81. The van der Waals surface area contributed by atoms with E-state index in [1.165, 1.54) is 11.3 Å². The van der Waals surface area contributed by atoms with Crippen molar-refractivity contribution in [1.82, 2.24) is 4.98 Å². The number of hydrogen-bond acceptors (Lipinski definition) is 4. The molecule has 0 bridgehead atoms. The van der Waals surface area contributed by atoms with Crippen LogP contribution in [0.1, 0.15) is 11.1 Å². The highest BCUT2D eigenvalue weighted by Crippen LogP contribution is 2.33. The van der Waals surface area contributed by atoms with Gasteiger partial charge in [0.15, 0.2) is 0 Å². The standard InChI is InChI=1S/C17H10F5N3S/c18-12-6-10(7-13(19)15(12)17(20,21)22)8-23-25-16-24-14(9-26-16)11-4-2-1-3-5-11/h1-9H,(H,24,25). The molecule has 9 heteroatoms. The highest BCUT2D eigenvalue weighted by Gasteiger charge is 2.37. The molecular weight excluding hydrogens is 373 g/mol. The molecule has 0 saturated carbocycles. The Kier molecular flexibility index (Phi) is 4.99. The van der Waals surface area contributed by atoms with Crippen LogP contribution < -0.4 is 5.43 Å². The van der Waals surface area contributed by atoms with Gasteiger partial charge in [-0.05, 0) is 12.1 Å². The Morgan fingerprint density at radius 2 is 1.69 bits per heavy atom. The fourth-order valence-electron chi connectivity index (χ4n) is 2.17. The smallest absolute Gasteiger partial charge is 0.253 e. The Balaban J connectivity index is 1.73. The molecule has 0 amide bonds. The van der Waals surface area contributed by atoms with Gasteiger partial charge in [0.1, 0.15) is 17.2 Å². The normalized spacial score (nSPS) is 11.9. The maximum Gasteiger partial charge on any atom is 0.422 e. The van der Waals surface area contributed by atoms with Crippen LogP contribution in [0.5, 0.6) is 0 Å². The fourth-order valence-corrected chi connectivity index (χ4v) is 2.84. The van der Waals surface area contributed by atoms with Crippen LogP contribution in [0.15, 0.2) is 52.9 Å². The molecule has 1 N–H and O–H groups in total. The number of thiazole rings is 1. The zero-order valence-corrected chi connectivity index (χ0v) is 13.7. The predicted octanol–water partition coefficient (Wildman–Crippen LogP) is 5.55. The summed E-state index contributed by atoms with van der Waals surface area (Å²) in [5.74, 6) is -3.39. The van der Waals surface area contributed by atoms with Crippen LogP contribution in [0.2, 0.25) is 0 Å². The first kappa shape index (κ1) is 18.0. The minimum Gasteiger partial charge on any atom is -0.253 e. The lowest BCUT2D eigenvalue weighted by molar-refractivity contribution is -0.142. The summed E-state index contributed by atoms with van der Waals surface area (Å²) in [6.07, 6.45) is -4.09. The lowest BCUT2D eigenvalue weighted by Gasteiger charge is -2.09. The van der Waals surface area contributed by atoms with Gasteiger partial charge < -0.3 is 0 Å². The number of halogens is 5. The molecule has 0 unspecified atom stereocenters. The summed E-state index contributed by atoms with van der Waals surface area (Å²) in [6.45, 7) is 0. The Labute approximate surface area is 148 Å². The SMILES string of the molecule is Fc1cc(C=NNc2nc(-c3ccccc3)cs2)cc(F)c1C(F)(F)F. The van der Waals surface area contributed by atoms with E-state index in [-0.39, 0.29) is 5.56 Å². The van der Waals surface area contributed by atoms with E-state index < -0.39 is 23.4 Å². The largest absolute Gasteiger partial charge is 0.422 e. The summed E-state index contributed by atoms with van der Waals surface area (Å²) < 4.78 is 64.6. The van der Waals surface area contributed by atoms with Gasteiger partial charge in [-0.2, -0.15) is 18.3 Å². The number of hydrazone groups is 1. The highest BCUT2D eigenvalue weighted by molar-refractivity contribution is 7.14. The summed E-state index contributed by atoms with van der Waals surface area (Å²) in [4.78, 5) is 4.29. The second kappa shape index (κ2) is 7.20. The first-order valence-electron chi connectivity index (χ1n) is 7.21. The Bertz CT molecular complexity index is 912. The van der Waals surface area contributed by atoms with Gasteiger partial charge in [-0.1, -0.05) is 30.3 Å². The monoisotopic (exact) mass is 383 g/mol. The Morgan fingerprint density at radius 1 is 1.04 bits per heavy atom. The average Bonchev–Trinajstić information content (AvgIpc) is 3.02. The highest BCUT2D eigenvalue weighted by atomic mass is 32.1. The van der Waals surface area contributed by atoms with Crippen LogP contribution in [0.4, 0.5) is 27.1 Å². The van der Waals surface area contributed by atoms with E-state index in [0.29, 0.717) is 17.3 Å². The molecule has 1 heterocycles. The third kappa shape index (κ3) is 4.05. The van der Waals surface area contributed by atoms with Crippen LogP contribution in [0.25, 0.3) is 11.3 Å². The van der Waals surface area contributed by atoms with Crippen molar-refractivity contribution in [3.05, 3.63) is 70.6 Å².